The molecule has 0 aromatic heterocycles. The summed E-state index contributed by atoms with van der Waals surface area (Å²) in [4.78, 5) is 10.5. The molecule has 4 nitrogen and oxygen atoms in total. The third-order valence-corrected chi connectivity index (χ3v) is 1.36. The molecule has 0 spiro atoms. The van der Waals surface area contributed by atoms with Gasteiger partial charge in [-0.1, -0.05) is 0 Å². The van der Waals surface area contributed by atoms with Gasteiger partial charge in [-0.2, -0.15) is 0 Å². The highest BCUT2D eigenvalue weighted by molar-refractivity contribution is 5.75. The molecule has 0 aliphatic carbocycles. The Morgan fingerprint density at radius 3 is 2.67 bits per heavy atom. The first kappa shape index (κ1) is 6.51. The molecule has 52 valence electrons. The Bertz CT molecular complexity index is 122. The zero-order valence-electron chi connectivity index (χ0n) is 4.78. The van der Waals surface area contributed by atoms with Crippen molar-refractivity contribution in [2.45, 2.75) is 6.10 Å². The fourth-order valence-electron chi connectivity index (χ4n) is 0.744. The average Bonchev–Trinajstić information content (AvgIpc) is 2.12. The van der Waals surface area contributed by atoms with Crippen LogP contribution in [0.2, 0.25) is 0 Å². The SMILES string of the molecule is O=C1OC[C@@H](O)[C@H]1CO. The Labute approximate surface area is 52.1 Å². The Morgan fingerprint density at radius 2 is 2.44 bits per heavy atom. The number of aliphatic hydroxyl groups is 2. The van der Waals surface area contributed by atoms with Gasteiger partial charge in [-0.3, -0.25) is 4.79 Å². The summed E-state index contributed by atoms with van der Waals surface area (Å²) in [5.74, 6) is -1.23. The number of ether oxygens (including phenoxy) is 1. The van der Waals surface area contributed by atoms with Crippen LogP contribution in [0.15, 0.2) is 0 Å². The van der Waals surface area contributed by atoms with E-state index in [0.29, 0.717) is 0 Å². The van der Waals surface area contributed by atoms with Gasteiger partial charge in [0.15, 0.2) is 0 Å². The molecule has 0 unspecified atom stereocenters. The standard InChI is InChI=1S/C5H8O4/c6-1-3-4(7)2-9-5(3)8/h3-4,6-7H,1-2H2/t3-,4-/m1/s1. The number of hydrogen-bond acceptors (Lipinski definition) is 4. The van der Waals surface area contributed by atoms with Crippen molar-refractivity contribution in [3.63, 3.8) is 0 Å². The van der Waals surface area contributed by atoms with E-state index in [-0.39, 0.29) is 13.2 Å². The van der Waals surface area contributed by atoms with Crippen molar-refractivity contribution in [2.24, 2.45) is 5.92 Å². The second kappa shape index (κ2) is 2.33. The van der Waals surface area contributed by atoms with Crippen molar-refractivity contribution < 1.29 is 19.7 Å². The second-order valence-electron chi connectivity index (χ2n) is 1.99. The lowest BCUT2D eigenvalue weighted by molar-refractivity contribution is -0.142. The molecule has 0 aromatic rings. The quantitative estimate of drug-likeness (QED) is 0.427. The van der Waals surface area contributed by atoms with Gasteiger partial charge >= 0.3 is 5.97 Å². The normalized spacial score (nSPS) is 34.7. The van der Waals surface area contributed by atoms with Gasteiger partial charge in [0.05, 0.1) is 6.61 Å². The molecule has 1 saturated heterocycles. The summed E-state index contributed by atoms with van der Waals surface area (Å²) in [6.07, 6.45) is -0.817. The molecule has 1 fully saturated rings. The van der Waals surface area contributed by atoms with Crippen LogP contribution in [0.1, 0.15) is 0 Å². The summed E-state index contributed by atoms with van der Waals surface area (Å²) >= 11 is 0. The fraction of sp³-hybridized carbons (Fsp3) is 0.800. The van der Waals surface area contributed by atoms with E-state index < -0.39 is 18.0 Å². The van der Waals surface area contributed by atoms with Gasteiger partial charge in [0.1, 0.15) is 18.6 Å². The maximum Gasteiger partial charge on any atom is 0.314 e. The zero-order valence-corrected chi connectivity index (χ0v) is 4.78. The predicted molar refractivity (Wildman–Crippen MR) is 27.5 cm³/mol. The molecule has 2 N–H and O–H groups in total. The summed E-state index contributed by atoms with van der Waals surface area (Å²) in [7, 11) is 0. The molecule has 1 aliphatic heterocycles. The van der Waals surface area contributed by atoms with Crippen LogP contribution in [0.25, 0.3) is 0 Å². The Balaban J connectivity index is 2.55. The van der Waals surface area contributed by atoms with Gasteiger partial charge in [0.2, 0.25) is 0 Å². The van der Waals surface area contributed by atoms with Gasteiger partial charge in [-0.25, -0.2) is 0 Å². The van der Waals surface area contributed by atoms with Crippen LogP contribution in [0.4, 0.5) is 0 Å². The monoisotopic (exact) mass is 132 g/mol. The Morgan fingerprint density at radius 1 is 1.78 bits per heavy atom. The Kier molecular flexibility index (Phi) is 1.68. The third-order valence-electron chi connectivity index (χ3n) is 1.36. The van der Waals surface area contributed by atoms with Crippen molar-refractivity contribution in [3.05, 3.63) is 0 Å². The first-order chi connectivity index (χ1) is 4.25. The molecular weight excluding hydrogens is 124 g/mol. The molecule has 0 bridgehead atoms. The molecule has 0 amide bonds. The summed E-state index contributed by atoms with van der Waals surface area (Å²) in [6, 6.07) is 0. The van der Waals surface area contributed by atoms with Crippen LogP contribution in [0, 0.1) is 5.92 Å². The summed E-state index contributed by atoms with van der Waals surface area (Å²) < 4.78 is 4.42. The van der Waals surface area contributed by atoms with Crippen LogP contribution in [-0.4, -0.2) is 35.5 Å². The number of hydrogen-bond donors (Lipinski definition) is 2. The van der Waals surface area contributed by atoms with E-state index in [2.05, 4.69) is 4.74 Å². The van der Waals surface area contributed by atoms with Crippen LogP contribution < -0.4 is 0 Å². The molecule has 9 heavy (non-hydrogen) atoms. The molecule has 0 radical (unpaired) electrons. The molecule has 1 heterocycles. The number of carbonyl (C=O) groups is 1. The maximum atomic E-state index is 10.5. The number of rotatable bonds is 1. The van der Waals surface area contributed by atoms with Crippen LogP contribution in [0.5, 0.6) is 0 Å². The minimum Gasteiger partial charge on any atom is -0.463 e. The van der Waals surface area contributed by atoms with E-state index in [1.807, 2.05) is 0 Å². The minimum atomic E-state index is -0.817. The number of esters is 1. The van der Waals surface area contributed by atoms with Gasteiger partial charge in [-0.15, -0.1) is 0 Å². The highest BCUT2D eigenvalue weighted by Crippen LogP contribution is 2.13. The summed E-state index contributed by atoms with van der Waals surface area (Å²) in [5.41, 5.74) is 0. The molecule has 2 atom stereocenters. The molecule has 0 aromatic carbocycles. The van der Waals surface area contributed by atoms with E-state index in [9.17, 15) is 4.79 Å². The summed E-state index contributed by atoms with van der Waals surface area (Å²) in [5, 5.41) is 17.3. The highest BCUT2D eigenvalue weighted by Gasteiger charge is 2.34. The molecule has 1 rings (SSSR count). The van der Waals surface area contributed by atoms with Crippen LogP contribution in [-0.2, 0) is 9.53 Å². The van der Waals surface area contributed by atoms with E-state index in [1.54, 1.807) is 0 Å². The van der Waals surface area contributed by atoms with Crippen molar-refractivity contribution in [2.75, 3.05) is 13.2 Å². The van der Waals surface area contributed by atoms with Crippen LogP contribution in [0.3, 0.4) is 0 Å². The van der Waals surface area contributed by atoms with E-state index in [0.717, 1.165) is 0 Å². The van der Waals surface area contributed by atoms with E-state index >= 15 is 0 Å². The first-order valence-electron chi connectivity index (χ1n) is 2.71. The highest BCUT2D eigenvalue weighted by atomic mass is 16.6. The minimum absolute atomic E-state index is 0.0179. The molecule has 0 saturated carbocycles. The van der Waals surface area contributed by atoms with Gasteiger partial charge in [0.25, 0.3) is 0 Å². The van der Waals surface area contributed by atoms with E-state index in [4.69, 9.17) is 10.2 Å². The van der Waals surface area contributed by atoms with Crippen molar-refractivity contribution in [3.8, 4) is 0 Å². The first-order valence-corrected chi connectivity index (χ1v) is 2.71. The molecule has 1 aliphatic rings. The lowest BCUT2D eigenvalue weighted by Gasteiger charge is -2.02. The number of carbonyl (C=O) groups excluding carboxylic acids is 1. The van der Waals surface area contributed by atoms with Crippen molar-refractivity contribution in [1.82, 2.24) is 0 Å². The lowest BCUT2D eigenvalue weighted by atomic mass is 10.1. The maximum absolute atomic E-state index is 10.5. The zero-order chi connectivity index (χ0) is 6.85. The number of aliphatic hydroxyl groups excluding tert-OH is 2. The van der Waals surface area contributed by atoms with E-state index in [1.165, 1.54) is 0 Å². The molecular formula is C5H8O4. The third kappa shape index (κ3) is 1.04. The largest absolute Gasteiger partial charge is 0.463 e. The van der Waals surface area contributed by atoms with Crippen LogP contribution >= 0.6 is 0 Å². The number of cyclic esters (lactones) is 1. The predicted octanol–water partition coefficient (Wildman–Crippen LogP) is -1.49. The smallest absolute Gasteiger partial charge is 0.314 e. The topological polar surface area (TPSA) is 66.8 Å². The van der Waals surface area contributed by atoms with Gasteiger partial charge in [0, 0.05) is 0 Å². The molecule has 4 heteroatoms. The van der Waals surface area contributed by atoms with Gasteiger partial charge < -0.3 is 14.9 Å². The summed E-state index contributed by atoms with van der Waals surface area (Å²) in [6.45, 7) is -0.315. The van der Waals surface area contributed by atoms with Gasteiger partial charge in [-0.05, 0) is 0 Å². The Hall–Kier alpha value is -0.610. The second-order valence-corrected chi connectivity index (χ2v) is 1.99. The van der Waals surface area contributed by atoms with Crippen molar-refractivity contribution >= 4 is 5.97 Å². The lowest BCUT2D eigenvalue weighted by Crippen LogP contribution is -2.23. The van der Waals surface area contributed by atoms with Crippen molar-refractivity contribution in [1.29, 1.82) is 0 Å². The average molecular weight is 132 g/mol. The fourth-order valence-corrected chi connectivity index (χ4v) is 0.744.